The molecule has 0 heterocycles. The predicted octanol–water partition coefficient (Wildman–Crippen LogP) is 2.49. The molecule has 10 heteroatoms. The molecule has 0 radical (unpaired) electrons. The van der Waals surface area contributed by atoms with Gasteiger partial charge in [0, 0.05) is 40.5 Å². The highest BCUT2D eigenvalue weighted by atomic mass is 127. The minimum atomic E-state index is -3.56. The topological polar surface area (TPSA) is 101 Å². The largest absolute Gasteiger partial charge is 0.385 e. The van der Waals surface area contributed by atoms with Crippen LogP contribution in [0.15, 0.2) is 34.2 Å². The molecule has 0 saturated heterocycles. The molecule has 1 saturated carbocycles. The maximum absolute atomic E-state index is 12.4. The van der Waals surface area contributed by atoms with Gasteiger partial charge in [-0.05, 0) is 49.3 Å². The second-order valence-electron chi connectivity index (χ2n) is 7.68. The Morgan fingerprint density at radius 1 is 1.16 bits per heavy atom. The molecule has 1 aromatic carbocycles. The van der Waals surface area contributed by atoms with E-state index in [2.05, 4.69) is 20.3 Å². The van der Waals surface area contributed by atoms with Crippen LogP contribution in [0.2, 0.25) is 0 Å². The molecule has 31 heavy (non-hydrogen) atoms. The highest BCUT2D eigenvalue weighted by molar-refractivity contribution is 14.0. The van der Waals surface area contributed by atoms with Crippen LogP contribution >= 0.6 is 24.0 Å². The molecule has 1 aliphatic carbocycles. The van der Waals surface area contributed by atoms with Crippen LogP contribution in [0.5, 0.6) is 0 Å². The SMILES string of the molecule is CCNC(=NCc1cccc(S(=O)(=O)NCCOC)c1)NCC1(CCOC)CCC1.I. The second kappa shape index (κ2) is 14.2. The molecule has 1 aliphatic rings. The van der Waals surface area contributed by atoms with Gasteiger partial charge in [0.2, 0.25) is 10.0 Å². The molecular formula is C21H37IN4O4S. The number of hydrogen-bond acceptors (Lipinski definition) is 5. The van der Waals surface area contributed by atoms with Crippen LogP contribution in [0.25, 0.3) is 0 Å². The number of sulfonamides is 1. The third-order valence-electron chi connectivity index (χ3n) is 5.45. The lowest BCUT2D eigenvalue weighted by Crippen LogP contribution is -2.46. The maximum Gasteiger partial charge on any atom is 0.240 e. The van der Waals surface area contributed by atoms with Crippen molar-refractivity contribution in [2.45, 2.75) is 44.0 Å². The van der Waals surface area contributed by atoms with Crippen molar-refractivity contribution in [3.8, 4) is 0 Å². The first kappa shape index (κ1) is 28.1. The number of nitrogens with zero attached hydrogens (tertiary/aromatic N) is 1. The van der Waals surface area contributed by atoms with E-state index in [1.807, 2.05) is 13.0 Å². The van der Waals surface area contributed by atoms with E-state index in [0.717, 1.165) is 37.6 Å². The molecule has 0 bridgehead atoms. The fourth-order valence-corrected chi connectivity index (χ4v) is 4.55. The second-order valence-corrected chi connectivity index (χ2v) is 9.45. The van der Waals surface area contributed by atoms with Crippen molar-refractivity contribution >= 4 is 40.0 Å². The van der Waals surface area contributed by atoms with Gasteiger partial charge in [-0.3, -0.25) is 0 Å². The molecule has 0 aliphatic heterocycles. The van der Waals surface area contributed by atoms with Crippen LogP contribution in [0.4, 0.5) is 0 Å². The van der Waals surface area contributed by atoms with Crippen molar-refractivity contribution in [1.29, 1.82) is 0 Å². The van der Waals surface area contributed by atoms with Crippen molar-refractivity contribution in [3.63, 3.8) is 0 Å². The van der Waals surface area contributed by atoms with Gasteiger partial charge in [0.15, 0.2) is 5.96 Å². The average molecular weight is 569 g/mol. The van der Waals surface area contributed by atoms with E-state index in [1.54, 1.807) is 25.3 Å². The van der Waals surface area contributed by atoms with Gasteiger partial charge < -0.3 is 20.1 Å². The van der Waals surface area contributed by atoms with Gasteiger partial charge in [-0.15, -0.1) is 24.0 Å². The number of aliphatic imine (C=N–C) groups is 1. The number of ether oxygens (including phenoxy) is 2. The van der Waals surface area contributed by atoms with Gasteiger partial charge in [0.25, 0.3) is 0 Å². The van der Waals surface area contributed by atoms with Crippen molar-refractivity contribution in [2.24, 2.45) is 10.4 Å². The van der Waals surface area contributed by atoms with E-state index in [4.69, 9.17) is 9.47 Å². The smallest absolute Gasteiger partial charge is 0.240 e. The average Bonchev–Trinajstić information content (AvgIpc) is 2.71. The van der Waals surface area contributed by atoms with E-state index < -0.39 is 10.0 Å². The van der Waals surface area contributed by atoms with Gasteiger partial charge in [0.1, 0.15) is 0 Å². The Kier molecular flexibility index (Phi) is 12.9. The van der Waals surface area contributed by atoms with Crippen LogP contribution in [0, 0.1) is 5.41 Å². The number of benzene rings is 1. The van der Waals surface area contributed by atoms with Gasteiger partial charge in [-0.1, -0.05) is 18.6 Å². The summed E-state index contributed by atoms with van der Waals surface area (Å²) in [5, 5.41) is 6.73. The van der Waals surface area contributed by atoms with Crippen LogP contribution in [-0.4, -0.2) is 61.4 Å². The molecule has 0 atom stereocenters. The van der Waals surface area contributed by atoms with Gasteiger partial charge in [-0.2, -0.15) is 0 Å². The van der Waals surface area contributed by atoms with E-state index >= 15 is 0 Å². The van der Waals surface area contributed by atoms with Crippen molar-refractivity contribution in [1.82, 2.24) is 15.4 Å². The fraction of sp³-hybridized carbons (Fsp3) is 0.667. The lowest BCUT2D eigenvalue weighted by molar-refractivity contribution is 0.0732. The molecule has 0 spiro atoms. The van der Waals surface area contributed by atoms with Crippen LogP contribution in [0.1, 0.15) is 38.2 Å². The summed E-state index contributed by atoms with van der Waals surface area (Å²) in [5.41, 5.74) is 1.12. The number of guanidine groups is 1. The summed E-state index contributed by atoms with van der Waals surface area (Å²) < 4.78 is 37.5. The van der Waals surface area contributed by atoms with Crippen LogP contribution in [0.3, 0.4) is 0 Å². The zero-order valence-corrected chi connectivity index (χ0v) is 21.9. The van der Waals surface area contributed by atoms with Crippen molar-refractivity contribution in [3.05, 3.63) is 29.8 Å². The first-order chi connectivity index (χ1) is 14.4. The fourth-order valence-electron chi connectivity index (χ4n) is 3.47. The maximum atomic E-state index is 12.4. The molecule has 0 unspecified atom stereocenters. The molecule has 0 amide bonds. The van der Waals surface area contributed by atoms with E-state index in [1.165, 1.54) is 26.4 Å². The summed E-state index contributed by atoms with van der Waals surface area (Å²) in [6.07, 6.45) is 4.72. The first-order valence-electron chi connectivity index (χ1n) is 10.5. The van der Waals surface area contributed by atoms with E-state index in [-0.39, 0.29) is 40.8 Å². The Morgan fingerprint density at radius 3 is 2.52 bits per heavy atom. The Morgan fingerprint density at radius 2 is 1.90 bits per heavy atom. The van der Waals surface area contributed by atoms with Gasteiger partial charge >= 0.3 is 0 Å². The third-order valence-corrected chi connectivity index (χ3v) is 6.91. The van der Waals surface area contributed by atoms with Crippen LogP contribution < -0.4 is 15.4 Å². The Bertz CT molecular complexity index is 785. The Labute approximate surface area is 204 Å². The molecule has 178 valence electrons. The molecule has 2 rings (SSSR count). The number of halogens is 1. The van der Waals surface area contributed by atoms with Crippen LogP contribution in [-0.2, 0) is 26.0 Å². The van der Waals surface area contributed by atoms with Gasteiger partial charge in [0.05, 0.1) is 18.0 Å². The van der Waals surface area contributed by atoms with E-state index in [0.29, 0.717) is 13.2 Å². The summed E-state index contributed by atoms with van der Waals surface area (Å²) in [6, 6.07) is 6.87. The summed E-state index contributed by atoms with van der Waals surface area (Å²) in [7, 11) is -0.282. The minimum Gasteiger partial charge on any atom is -0.385 e. The molecule has 3 N–H and O–H groups in total. The molecule has 8 nitrogen and oxygen atoms in total. The highest BCUT2D eigenvalue weighted by Gasteiger charge is 2.36. The number of nitrogens with one attached hydrogen (secondary N) is 3. The molecule has 0 aromatic heterocycles. The van der Waals surface area contributed by atoms with E-state index in [9.17, 15) is 8.42 Å². The van der Waals surface area contributed by atoms with Crippen molar-refractivity contribution in [2.75, 3.05) is 47.1 Å². The summed E-state index contributed by atoms with van der Waals surface area (Å²) in [6.45, 7) is 5.37. The zero-order chi connectivity index (χ0) is 21.9. The quantitative estimate of drug-likeness (QED) is 0.146. The number of rotatable bonds is 13. The lowest BCUT2D eigenvalue weighted by atomic mass is 9.67. The Balaban J connectivity index is 0.00000480. The molecule has 1 aromatic rings. The summed E-state index contributed by atoms with van der Waals surface area (Å²) >= 11 is 0. The van der Waals surface area contributed by atoms with Gasteiger partial charge in [-0.25, -0.2) is 18.1 Å². The number of methoxy groups -OCH3 is 2. The number of hydrogen-bond donors (Lipinski definition) is 3. The first-order valence-corrected chi connectivity index (χ1v) is 12.0. The Hall–Kier alpha value is -0.950. The highest BCUT2D eigenvalue weighted by Crippen LogP contribution is 2.43. The standard InChI is InChI=1S/C21H36N4O4S.HI/c1-4-22-20(24-17-21(9-6-10-21)11-13-28-2)23-16-18-7-5-8-19(15-18)30(26,27)25-12-14-29-3;/h5,7-8,15,25H,4,6,9-14,16-17H2,1-3H3,(H2,22,23,24);1H. The summed E-state index contributed by atoms with van der Waals surface area (Å²) in [5.74, 6) is 0.743. The minimum absolute atomic E-state index is 0. The molecule has 1 fully saturated rings. The monoisotopic (exact) mass is 568 g/mol. The zero-order valence-electron chi connectivity index (χ0n) is 18.8. The lowest BCUT2D eigenvalue weighted by Gasteiger charge is -2.42. The third kappa shape index (κ3) is 9.21. The normalized spacial score (nSPS) is 15.6. The van der Waals surface area contributed by atoms with Crippen molar-refractivity contribution < 1.29 is 17.9 Å². The summed E-state index contributed by atoms with van der Waals surface area (Å²) in [4.78, 5) is 4.89. The predicted molar refractivity (Wildman–Crippen MR) is 135 cm³/mol. The molecular weight excluding hydrogens is 531 g/mol.